The number of thiazole rings is 1. The zero-order chi connectivity index (χ0) is 21.9. The molecule has 0 saturated carbocycles. The fourth-order valence-electron chi connectivity index (χ4n) is 4.74. The highest BCUT2D eigenvalue weighted by Crippen LogP contribution is 2.39. The summed E-state index contributed by atoms with van der Waals surface area (Å²) < 4.78 is 6.45. The van der Waals surface area contributed by atoms with Gasteiger partial charge in [-0.1, -0.05) is 24.3 Å². The van der Waals surface area contributed by atoms with Crippen molar-refractivity contribution in [2.45, 2.75) is 38.1 Å². The monoisotopic (exact) mass is 449 g/mol. The number of furan rings is 1. The van der Waals surface area contributed by atoms with Crippen molar-refractivity contribution in [3.8, 4) is 0 Å². The van der Waals surface area contributed by atoms with Gasteiger partial charge in [0.2, 0.25) is 11.8 Å². The van der Waals surface area contributed by atoms with Crippen LogP contribution in [0.5, 0.6) is 0 Å². The number of carbonyl (C=O) groups excluding carboxylic acids is 2. The molecule has 1 saturated heterocycles. The quantitative estimate of drug-likeness (QED) is 0.582. The Morgan fingerprint density at radius 2 is 1.91 bits per heavy atom. The molecule has 1 N–H and O–H groups in total. The third-order valence-electron chi connectivity index (χ3n) is 6.57. The number of benzene rings is 1. The summed E-state index contributed by atoms with van der Waals surface area (Å²) in [6.45, 7) is 1.66. The van der Waals surface area contributed by atoms with Crippen molar-refractivity contribution in [2.24, 2.45) is 11.8 Å². The van der Waals surface area contributed by atoms with Crippen molar-refractivity contribution in [3.63, 3.8) is 0 Å². The number of carbonyl (C=O) groups is 2. The number of likely N-dealkylation sites (tertiary alicyclic amines) is 1. The van der Waals surface area contributed by atoms with E-state index in [9.17, 15) is 9.59 Å². The lowest BCUT2D eigenvalue weighted by Gasteiger charge is -2.36. The van der Waals surface area contributed by atoms with Gasteiger partial charge in [-0.05, 0) is 49.9 Å². The molecule has 7 heteroatoms. The largest absolute Gasteiger partial charge is 0.467 e. The minimum Gasteiger partial charge on any atom is -0.467 e. The van der Waals surface area contributed by atoms with Crippen LogP contribution in [0.1, 0.15) is 42.4 Å². The number of piperidine rings is 1. The number of nitrogens with zero attached hydrogens (tertiary/aromatic N) is 2. The molecule has 0 radical (unpaired) electrons. The molecule has 3 aromatic rings. The number of allylic oxidation sites excluding steroid dienone is 2. The number of amides is 2. The summed E-state index contributed by atoms with van der Waals surface area (Å²) in [6, 6.07) is 11.8. The van der Waals surface area contributed by atoms with Crippen LogP contribution in [0.3, 0.4) is 0 Å². The second-order valence-corrected chi connectivity index (χ2v) is 9.63. The number of aromatic nitrogens is 1. The minimum atomic E-state index is -0.0788. The Morgan fingerprint density at radius 1 is 1.09 bits per heavy atom. The van der Waals surface area contributed by atoms with Crippen molar-refractivity contribution in [1.82, 2.24) is 15.2 Å². The summed E-state index contributed by atoms with van der Waals surface area (Å²) in [7, 11) is 0. The van der Waals surface area contributed by atoms with Gasteiger partial charge in [-0.3, -0.25) is 9.59 Å². The van der Waals surface area contributed by atoms with E-state index in [4.69, 9.17) is 9.40 Å². The normalized spacial score (nSPS) is 21.7. The summed E-state index contributed by atoms with van der Waals surface area (Å²) >= 11 is 1.70. The maximum atomic E-state index is 13.5. The number of nitrogens with one attached hydrogen (secondary N) is 1. The summed E-state index contributed by atoms with van der Waals surface area (Å²) in [6.07, 6.45) is 8.91. The van der Waals surface area contributed by atoms with Crippen LogP contribution < -0.4 is 5.32 Å². The van der Waals surface area contributed by atoms with Crippen molar-refractivity contribution in [2.75, 3.05) is 13.1 Å². The van der Waals surface area contributed by atoms with E-state index < -0.39 is 0 Å². The average molecular weight is 450 g/mol. The van der Waals surface area contributed by atoms with Crippen LogP contribution >= 0.6 is 11.3 Å². The minimum absolute atomic E-state index is 0.0430. The van der Waals surface area contributed by atoms with Gasteiger partial charge in [0.25, 0.3) is 0 Å². The van der Waals surface area contributed by atoms with E-state index in [0.29, 0.717) is 32.5 Å². The first-order valence-electron chi connectivity index (χ1n) is 11.3. The molecule has 2 amide bonds. The highest BCUT2D eigenvalue weighted by Gasteiger charge is 2.36. The number of hydrogen-bond donors (Lipinski definition) is 1. The molecule has 6 nitrogen and oxygen atoms in total. The molecule has 2 aromatic heterocycles. The lowest BCUT2D eigenvalue weighted by Crippen LogP contribution is -2.46. The number of fused-ring (bicyclic) bond motifs is 1. The lowest BCUT2D eigenvalue weighted by molar-refractivity contribution is -0.139. The summed E-state index contributed by atoms with van der Waals surface area (Å²) in [4.78, 5) is 32.8. The van der Waals surface area contributed by atoms with Crippen LogP contribution in [0.4, 0.5) is 0 Å². The number of hydrogen-bond acceptors (Lipinski definition) is 5. The number of para-hydroxylation sites is 1. The van der Waals surface area contributed by atoms with Gasteiger partial charge in [0.1, 0.15) is 5.76 Å². The number of rotatable bonds is 5. The molecule has 0 spiro atoms. The van der Waals surface area contributed by atoms with Crippen LogP contribution in [0.25, 0.3) is 10.2 Å². The van der Waals surface area contributed by atoms with Crippen LogP contribution in [0.2, 0.25) is 0 Å². The van der Waals surface area contributed by atoms with Crippen molar-refractivity contribution < 1.29 is 14.0 Å². The van der Waals surface area contributed by atoms with Gasteiger partial charge in [-0.2, -0.15) is 0 Å². The Morgan fingerprint density at radius 3 is 2.69 bits per heavy atom. The Bertz CT molecular complexity index is 1080. The maximum Gasteiger partial charge on any atom is 0.226 e. The SMILES string of the molecule is O=C(NCc1ccco1)C1CCN(C(=O)C2CC=CCC2c2nc3ccccc3s2)CC1. The molecule has 32 heavy (non-hydrogen) atoms. The smallest absolute Gasteiger partial charge is 0.226 e. The van der Waals surface area contributed by atoms with E-state index in [2.05, 4.69) is 23.5 Å². The summed E-state index contributed by atoms with van der Waals surface area (Å²) in [5, 5.41) is 4.01. The van der Waals surface area contributed by atoms with Gasteiger partial charge in [0.15, 0.2) is 0 Å². The van der Waals surface area contributed by atoms with Gasteiger partial charge < -0.3 is 14.6 Å². The molecular formula is C25H27N3O3S. The molecule has 1 aliphatic carbocycles. The molecule has 1 aromatic carbocycles. The van der Waals surface area contributed by atoms with E-state index in [-0.39, 0.29) is 29.6 Å². The molecule has 0 bridgehead atoms. The molecule has 2 aliphatic rings. The van der Waals surface area contributed by atoms with Gasteiger partial charge in [-0.15, -0.1) is 11.3 Å². The first-order valence-corrected chi connectivity index (χ1v) is 12.1. The zero-order valence-electron chi connectivity index (χ0n) is 17.9. The van der Waals surface area contributed by atoms with Crippen LogP contribution in [0, 0.1) is 11.8 Å². The van der Waals surface area contributed by atoms with E-state index in [0.717, 1.165) is 29.1 Å². The van der Waals surface area contributed by atoms with E-state index in [1.165, 1.54) is 4.70 Å². The molecular weight excluding hydrogens is 422 g/mol. The van der Waals surface area contributed by atoms with Gasteiger partial charge in [0.05, 0.1) is 34.0 Å². The molecule has 1 fully saturated rings. The van der Waals surface area contributed by atoms with Gasteiger partial charge in [-0.25, -0.2) is 4.98 Å². The fourth-order valence-corrected chi connectivity index (χ4v) is 5.88. The Hall–Kier alpha value is -2.93. The Labute approximate surface area is 191 Å². The zero-order valence-corrected chi connectivity index (χ0v) is 18.7. The highest BCUT2D eigenvalue weighted by molar-refractivity contribution is 7.18. The second-order valence-electron chi connectivity index (χ2n) is 8.57. The maximum absolute atomic E-state index is 13.5. The predicted molar refractivity (Wildman–Crippen MR) is 124 cm³/mol. The van der Waals surface area contributed by atoms with E-state index in [1.54, 1.807) is 17.6 Å². The van der Waals surface area contributed by atoms with Gasteiger partial charge in [0, 0.05) is 24.9 Å². The van der Waals surface area contributed by atoms with Crippen LogP contribution in [-0.2, 0) is 16.1 Å². The lowest BCUT2D eigenvalue weighted by atomic mass is 9.81. The van der Waals surface area contributed by atoms with Crippen LogP contribution in [0.15, 0.2) is 59.2 Å². The molecule has 2 unspecified atom stereocenters. The standard InChI is InChI=1S/C25H27N3O3S/c29-23(26-16-18-6-5-15-31-18)17-11-13-28(14-12-17)25(30)20-8-2-1-7-19(20)24-27-21-9-3-4-10-22(21)32-24/h1-6,9-10,15,17,19-20H,7-8,11-14,16H2,(H,26,29). The third kappa shape index (κ3) is 4.35. The van der Waals surface area contributed by atoms with Crippen molar-refractivity contribution in [1.29, 1.82) is 0 Å². The Kier molecular flexibility index (Phi) is 6.08. The molecule has 5 rings (SSSR count). The summed E-state index contributed by atoms with van der Waals surface area (Å²) in [5.74, 6) is 0.983. The third-order valence-corrected chi connectivity index (χ3v) is 7.74. The molecule has 2 atom stereocenters. The van der Waals surface area contributed by atoms with Crippen molar-refractivity contribution >= 4 is 33.4 Å². The topological polar surface area (TPSA) is 75.4 Å². The van der Waals surface area contributed by atoms with E-state index >= 15 is 0 Å². The van der Waals surface area contributed by atoms with Crippen LogP contribution in [-0.4, -0.2) is 34.8 Å². The first-order chi connectivity index (χ1) is 15.7. The summed E-state index contributed by atoms with van der Waals surface area (Å²) in [5.41, 5.74) is 1.01. The van der Waals surface area contributed by atoms with Crippen molar-refractivity contribution in [3.05, 3.63) is 65.6 Å². The fraction of sp³-hybridized carbons (Fsp3) is 0.400. The van der Waals surface area contributed by atoms with Gasteiger partial charge >= 0.3 is 0 Å². The highest BCUT2D eigenvalue weighted by atomic mass is 32.1. The predicted octanol–water partition coefficient (Wildman–Crippen LogP) is 4.49. The average Bonchev–Trinajstić information content (AvgIpc) is 3.52. The Balaban J connectivity index is 1.21. The first kappa shape index (κ1) is 20.9. The molecule has 3 heterocycles. The second kappa shape index (κ2) is 9.28. The molecule has 1 aliphatic heterocycles. The molecule has 166 valence electrons. The van der Waals surface area contributed by atoms with E-state index in [1.807, 2.05) is 35.2 Å².